The van der Waals surface area contributed by atoms with Gasteiger partial charge in [-0.3, -0.25) is 9.59 Å². The molecule has 3 N–H and O–H groups in total. The smallest absolute Gasteiger partial charge is 0.276 e. The number of aromatic hydroxyl groups is 1. The molecule has 3 heterocycles. The van der Waals surface area contributed by atoms with Crippen LogP contribution in [-0.4, -0.2) is 58.5 Å². The summed E-state index contributed by atoms with van der Waals surface area (Å²) in [5, 5.41) is 15.9. The Kier molecular flexibility index (Phi) is 3.50. The summed E-state index contributed by atoms with van der Waals surface area (Å²) < 4.78 is 0. The predicted molar refractivity (Wildman–Crippen MR) is 74.8 cm³/mol. The Bertz CT molecular complexity index is 567. The summed E-state index contributed by atoms with van der Waals surface area (Å²) in [5.74, 6) is -0.392. The van der Waals surface area contributed by atoms with Gasteiger partial charge in [0.15, 0.2) is 5.69 Å². The highest BCUT2D eigenvalue weighted by molar-refractivity contribution is 5.95. The van der Waals surface area contributed by atoms with Gasteiger partial charge in [-0.05, 0) is 25.0 Å². The number of rotatable bonds is 1. The number of piperidine rings is 1. The van der Waals surface area contributed by atoms with Crippen molar-refractivity contribution in [1.82, 2.24) is 20.5 Å². The van der Waals surface area contributed by atoms with Crippen LogP contribution in [0.1, 0.15) is 23.3 Å². The first kappa shape index (κ1) is 13.8. The van der Waals surface area contributed by atoms with Crippen molar-refractivity contribution in [3.63, 3.8) is 0 Å². The van der Waals surface area contributed by atoms with E-state index < -0.39 is 5.54 Å². The number of nitrogens with zero attached hydrogens (tertiary/aromatic N) is 2. The van der Waals surface area contributed by atoms with E-state index in [1.165, 1.54) is 12.3 Å². The van der Waals surface area contributed by atoms with E-state index in [0.29, 0.717) is 32.5 Å². The highest BCUT2D eigenvalue weighted by Gasteiger charge is 2.43. The van der Waals surface area contributed by atoms with Crippen LogP contribution < -0.4 is 10.6 Å². The number of carbonyl (C=O) groups excluding carboxylic acids is 2. The third-order valence-electron chi connectivity index (χ3n) is 4.20. The number of hydrogen-bond donors (Lipinski definition) is 3. The minimum Gasteiger partial charge on any atom is -0.505 e. The van der Waals surface area contributed by atoms with E-state index in [9.17, 15) is 14.7 Å². The number of amides is 2. The Morgan fingerprint density at radius 1 is 1.33 bits per heavy atom. The highest BCUT2D eigenvalue weighted by atomic mass is 16.3. The average Bonchev–Trinajstić information content (AvgIpc) is 2.51. The molecule has 0 aromatic carbocycles. The van der Waals surface area contributed by atoms with Crippen LogP contribution in [0.5, 0.6) is 5.75 Å². The molecule has 21 heavy (non-hydrogen) atoms. The summed E-state index contributed by atoms with van der Waals surface area (Å²) >= 11 is 0. The highest BCUT2D eigenvalue weighted by Crippen LogP contribution is 2.26. The number of carbonyl (C=O) groups is 2. The first-order valence-electron chi connectivity index (χ1n) is 7.09. The van der Waals surface area contributed by atoms with E-state index in [-0.39, 0.29) is 23.3 Å². The van der Waals surface area contributed by atoms with Gasteiger partial charge in [-0.15, -0.1) is 0 Å². The van der Waals surface area contributed by atoms with E-state index >= 15 is 0 Å². The SMILES string of the molecule is O=C(c1ncccc1O)N1CCC2(CC1)NCCNC2=O. The van der Waals surface area contributed by atoms with Crippen LogP contribution in [0.2, 0.25) is 0 Å². The van der Waals surface area contributed by atoms with Crippen LogP contribution in [0.25, 0.3) is 0 Å². The van der Waals surface area contributed by atoms with E-state index in [2.05, 4.69) is 15.6 Å². The third kappa shape index (κ3) is 2.44. The van der Waals surface area contributed by atoms with E-state index in [4.69, 9.17) is 0 Å². The lowest BCUT2D eigenvalue weighted by atomic mass is 9.85. The molecule has 0 bridgehead atoms. The number of piperazine rings is 1. The Hall–Kier alpha value is -2.15. The first-order valence-corrected chi connectivity index (χ1v) is 7.09. The molecule has 2 saturated heterocycles. The topological polar surface area (TPSA) is 94.6 Å². The number of likely N-dealkylation sites (tertiary alicyclic amines) is 1. The molecule has 2 aliphatic rings. The largest absolute Gasteiger partial charge is 0.505 e. The lowest BCUT2D eigenvalue weighted by Gasteiger charge is -2.43. The molecule has 0 saturated carbocycles. The zero-order valence-electron chi connectivity index (χ0n) is 11.6. The summed E-state index contributed by atoms with van der Waals surface area (Å²) in [7, 11) is 0. The Balaban J connectivity index is 1.70. The molecule has 0 aliphatic carbocycles. The van der Waals surface area contributed by atoms with Gasteiger partial charge in [-0.2, -0.15) is 0 Å². The molecule has 7 heteroatoms. The molecule has 0 radical (unpaired) electrons. The lowest BCUT2D eigenvalue weighted by molar-refractivity contribution is -0.131. The molecular formula is C14H18N4O3. The van der Waals surface area contributed by atoms with Crippen LogP contribution in [0.3, 0.4) is 0 Å². The van der Waals surface area contributed by atoms with Crippen molar-refractivity contribution in [1.29, 1.82) is 0 Å². The monoisotopic (exact) mass is 290 g/mol. The normalized spacial score (nSPS) is 21.1. The second-order valence-electron chi connectivity index (χ2n) is 5.43. The number of nitrogens with one attached hydrogen (secondary N) is 2. The predicted octanol–water partition coefficient (Wildman–Crippen LogP) is -0.519. The Morgan fingerprint density at radius 3 is 2.76 bits per heavy atom. The fourth-order valence-electron chi connectivity index (χ4n) is 2.93. The zero-order valence-corrected chi connectivity index (χ0v) is 11.6. The van der Waals surface area contributed by atoms with E-state index in [1.54, 1.807) is 11.0 Å². The quantitative estimate of drug-likeness (QED) is 0.647. The molecule has 7 nitrogen and oxygen atoms in total. The van der Waals surface area contributed by atoms with Gasteiger partial charge in [0.1, 0.15) is 11.3 Å². The third-order valence-corrected chi connectivity index (χ3v) is 4.20. The van der Waals surface area contributed by atoms with Crippen molar-refractivity contribution >= 4 is 11.8 Å². The molecule has 0 unspecified atom stereocenters. The first-order chi connectivity index (χ1) is 10.1. The zero-order chi connectivity index (χ0) is 14.9. The maximum Gasteiger partial charge on any atom is 0.276 e. The molecule has 2 aliphatic heterocycles. The fourth-order valence-corrected chi connectivity index (χ4v) is 2.93. The van der Waals surface area contributed by atoms with Crippen molar-refractivity contribution in [2.24, 2.45) is 0 Å². The summed E-state index contributed by atoms with van der Waals surface area (Å²) in [6, 6.07) is 3.02. The van der Waals surface area contributed by atoms with Crippen LogP contribution in [0.15, 0.2) is 18.3 Å². The van der Waals surface area contributed by atoms with Crippen LogP contribution in [0.4, 0.5) is 0 Å². The summed E-state index contributed by atoms with van der Waals surface area (Å²) in [6.07, 6.45) is 2.62. The molecule has 112 valence electrons. The molecule has 3 rings (SSSR count). The molecule has 1 spiro atoms. The average molecular weight is 290 g/mol. The van der Waals surface area contributed by atoms with E-state index in [0.717, 1.165) is 6.54 Å². The molecule has 1 aromatic rings. The molecule has 2 fully saturated rings. The van der Waals surface area contributed by atoms with Gasteiger partial charge in [0, 0.05) is 32.4 Å². The fraction of sp³-hybridized carbons (Fsp3) is 0.500. The number of pyridine rings is 1. The van der Waals surface area contributed by atoms with Crippen molar-refractivity contribution in [2.75, 3.05) is 26.2 Å². The van der Waals surface area contributed by atoms with Gasteiger partial charge in [0.05, 0.1) is 0 Å². The van der Waals surface area contributed by atoms with E-state index in [1.807, 2.05) is 0 Å². The summed E-state index contributed by atoms with van der Waals surface area (Å²) in [5.41, 5.74) is -0.490. The second-order valence-corrected chi connectivity index (χ2v) is 5.43. The van der Waals surface area contributed by atoms with Gasteiger partial charge in [-0.25, -0.2) is 4.98 Å². The second kappa shape index (κ2) is 5.33. The van der Waals surface area contributed by atoms with Gasteiger partial charge in [-0.1, -0.05) is 0 Å². The van der Waals surface area contributed by atoms with Gasteiger partial charge in [0.25, 0.3) is 5.91 Å². The van der Waals surface area contributed by atoms with Crippen LogP contribution in [-0.2, 0) is 4.79 Å². The number of hydrogen-bond acceptors (Lipinski definition) is 5. The van der Waals surface area contributed by atoms with Crippen molar-refractivity contribution in [3.05, 3.63) is 24.0 Å². The molecule has 2 amide bonds. The Morgan fingerprint density at radius 2 is 2.10 bits per heavy atom. The summed E-state index contributed by atoms with van der Waals surface area (Å²) in [4.78, 5) is 30.0. The van der Waals surface area contributed by atoms with Gasteiger partial charge < -0.3 is 20.6 Å². The standard InChI is InChI=1S/C14H18N4O3/c19-10-2-1-5-15-11(10)12(20)18-8-3-14(4-9-18)13(21)16-6-7-17-14/h1-2,5,17,19H,3-4,6-9H2,(H,16,21). The summed E-state index contributed by atoms with van der Waals surface area (Å²) in [6.45, 7) is 2.33. The van der Waals surface area contributed by atoms with Crippen LogP contribution in [0, 0.1) is 0 Å². The Labute approximate surface area is 122 Å². The van der Waals surface area contributed by atoms with Gasteiger partial charge >= 0.3 is 0 Å². The minimum absolute atomic E-state index is 0.0153. The van der Waals surface area contributed by atoms with Crippen molar-refractivity contribution in [2.45, 2.75) is 18.4 Å². The maximum atomic E-state index is 12.4. The minimum atomic E-state index is -0.554. The van der Waals surface area contributed by atoms with Crippen LogP contribution >= 0.6 is 0 Å². The van der Waals surface area contributed by atoms with Crippen molar-refractivity contribution in [3.8, 4) is 5.75 Å². The number of aromatic nitrogens is 1. The maximum absolute atomic E-state index is 12.4. The van der Waals surface area contributed by atoms with Gasteiger partial charge in [0.2, 0.25) is 5.91 Å². The molecular weight excluding hydrogens is 272 g/mol. The molecule has 1 aromatic heterocycles. The van der Waals surface area contributed by atoms with Crippen molar-refractivity contribution < 1.29 is 14.7 Å². The lowest BCUT2D eigenvalue weighted by Crippen LogP contribution is -2.66. The molecule has 0 atom stereocenters.